The van der Waals surface area contributed by atoms with E-state index in [-0.39, 0.29) is 0 Å². The van der Waals surface area contributed by atoms with Gasteiger partial charge in [-0.05, 0) is 36.1 Å². The topological polar surface area (TPSA) is 49.4 Å². The Morgan fingerprint density at radius 1 is 1.43 bits per heavy atom. The van der Waals surface area contributed by atoms with Crippen LogP contribution in [0.15, 0.2) is 18.2 Å². The third kappa shape index (κ3) is 2.82. The van der Waals surface area contributed by atoms with Crippen LogP contribution in [-0.4, -0.2) is 8.76 Å². The molecule has 0 heterocycles. The molecule has 1 aromatic rings. The van der Waals surface area contributed by atoms with Gasteiger partial charge in [0.25, 0.3) is 0 Å². The highest BCUT2D eigenvalue weighted by molar-refractivity contribution is 7.74. The van der Waals surface area contributed by atoms with Gasteiger partial charge in [-0.1, -0.05) is 19.9 Å². The summed E-state index contributed by atoms with van der Waals surface area (Å²) < 4.78 is 25.2. The molecule has 0 aliphatic carbocycles. The number of benzene rings is 1. The summed E-state index contributed by atoms with van der Waals surface area (Å²) in [6, 6.07) is 5.27. The van der Waals surface area contributed by atoms with Gasteiger partial charge in [0.15, 0.2) is 0 Å². The second-order valence-electron chi connectivity index (χ2n) is 3.46. The first kappa shape index (κ1) is 11.2. The fourth-order valence-electron chi connectivity index (χ4n) is 1.37. The van der Waals surface area contributed by atoms with E-state index < -0.39 is 11.4 Å². The summed E-state index contributed by atoms with van der Waals surface area (Å²) in [6.07, 6.45) is 0. The molecule has 0 spiro atoms. The van der Waals surface area contributed by atoms with Crippen LogP contribution in [0.1, 0.15) is 30.9 Å². The average molecular weight is 213 g/mol. The molecule has 0 bridgehead atoms. The highest BCUT2D eigenvalue weighted by Crippen LogP contribution is 2.24. The Balaban J connectivity index is 3.00. The summed E-state index contributed by atoms with van der Waals surface area (Å²) in [4.78, 5) is 0. The van der Waals surface area contributed by atoms with E-state index >= 15 is 0 Å². The molecule has 0 saturated heterocycles. The second-order valence-corrected chi connectivity index (χ2v) is 4.04. The van der Waals surface area contributed by atoms with Crippen molar-refractivity contribution in [3.05, 3.63) is 29.3 Å². The summed E-state index contributed by atoms with van der Waals surface area (Å²) in [5.74, 6) is 0.728. The summed E-state index contributed by atoms with van der Waals surface area (Å²) in [5.41, 5.74) is 2.25. The van der Waals surface area contributed by atoms with E-state index in [9.17, 15) is 8.76 Å². The molecule has 0 fully saturated rings. The van der Waals surface area contributed by atoms with Crippen LogP contribution < -0.4 is 4.18 Å². The lowest BCUT2D eigenvalue weighted by Gasteiger charge is -2.13. The maximum Gasteiger partial charge on any atom is 0.139 e. The van der Waals surface area contributed by atoms with Gasteiger partial charge >= 0.3 is 0 Å². The van der Waals surface area contributed by atoms with Crippen LogP contribution in [0.3, 0.4) is 0 Å². The number of hydrogen-bond acceptors (Lipinski definition) is 3. The smallest absolute Gasteiger partial charge is 0.139 e. The minimum Gasteiger partial charge on any atom is -0.740 e. The zero-order valence-corrected chi connectivity index (χ0v) is 9.26. The van der Waals surface area contributed by atoms with Crippen molar-refractivity contribution in [2.45, 2.75) is 26.7 Å². The molecule has 1 unspecified atom stereocenters. The molecule has 1 atom stereocenters. The monoisotopic (exact) mass is 213 g/mol. The van der Waals surface area contributed by atoms with Crippen molar-refractivity contribution in [1.82, 2.24) is 0 Å². The van der Waals surface area contributed by atoms with Crippen LogP contribution in [0.2, 0.25) is 0 Å². The predicted octanol–water partition coefficient (Wildman–Crippen LogP) is 2.29. The Morgan fingerprint density at radius 3 is 2.57 bits per heavy atom. The van der Waals surface area contributed by atoms with Crippen LogP contribution in [-0.2, 0) is 11.4 Å². The van der Waals surface area contributed by atoms with Gasteiger partial charge in [0.2, 0.25) is 0 Å². The molecular formula is C10H13O3S-. The Bertz CT molecular complexity index is 347. The summed E-state index contributed by atoms with van der Waals surface area (Å²) in [5, 5.41) is 0. The van der Waals surface area contributed by atoms with Crippen molar-refractivity contribution in [3.63, 3.8) is 0 Å². The van der Waals surface area contributed by atoms with E-state index in [4.69, 9.17) is 0 Å². The zero-order chi connectivity index (χ0) is 10.7. The maximum absolute atomic E-state index is 10.3. The van der Waals surface area contributed by atoms with Gasteiger partial charge in [0.1, 0.15) is 17.1 Å². The molecule has 1 rings (SSSR count). The third-order valence-electron chi connectivity index (χ3n) is 2.04. The van der Waals surface area contributed by atoms with E-state index in [2.05, 4.69) is 18.0 Å². The SMILES string of the molecule is Cc1ccc(OS(=O)[O-])cc1C(C)C. The van der Waals surface area contributed by atoms with Gasteiger partial charge in [-0.15, -0.1) is 0 Å². The molecule has 78 valence electrons. The van der Waals surface area contributed by atoms with E-state index in [1.54, 1.807) is 12.1 Å². The van der Waals surface area contributed by atoms with Gasteiger partial charge in [-0.2, -0.15) is 0 Å². The summed E-state index contributed by atoms with van der Waals surface area (Å²) in [6.45, 7) is 6.10. The van der Waals surface area contributed by atoms with Crippen molar-refractivity contribution in [1.29, 1.82) is 0 Å². The quantitative estimate of drug-likeness (QED) is 0.724. The molecule has 0 aliphatic rings. The Kier molecular flexibility index (Phi) is 3.66. The molecule has 0 amide bonds. The Morgan fingerprint density at radius 2 is 2.07 bits per heavy atom. The van der Waals surface area contributed by atoms with Crippen LogP contribution in [0, 0.1) is 6.92 Å². The van der Waals surface area contributed by atoms with Gasteiger partial charge in [-0.25, -0.2) is 4.21 Å². The van der Waals surface area contributed by atoms with Crippen LogP contribution >= 0.6 is 0 Å². The molecule has 0 N–H and O–H groups in total. The van der Waals surface area contributed by atoms with Gasteiger partial charge in [0, 0.05) is 0 Å². The van der Waals surface area contributed by atoms with Crippen molar-refractivity contribution < 1.29 is 12.9 Å². The standard InChI is InChI=1S/C10H14O3S/c1-7(2)10-6-9(13-14(11)12)5-4-8(10)3/h4-7H,1-3H3,(H,11,12)/p-1. The van der Waals surface area contributed by atoms with Crippen molar-refractivity contribution in [2.24, 2.45) is 0 Å². The Labute approximate surface area is 86.6 Å². The van der Waals surface area contributed by atoms with Gasteiger partial charge in [-0.3, -0.25) is 0 Å². The van der Waals surface area contributed by atoms with Gasteiger partial charge in [0.05, 0.1) is 0 Å². The lowest BCUT2D eigenvalue weighted by molar-refractivity contribution is 0.440. The minimum absolute atomic E-state index is 0.360. The molecule has 3 nitrogen and oxygen atoms in total. The number of rotatable bonds is 3. The molecule has 14 heavy (non-hydrogen) atoms. The first-order chi connectivity index (χ1) is 6.50. The number of aryl methyl sites for hydroxylation is 1. The second kappa shape index (κ2) is 4.57. The molecule has 4 heteroatoms. The van der Waals surface area contributed by atoms with E-state index in [1.807, 2.05) is 13.0 Å². The van der Waals surface area contributed by atoms with Crippen LogP contribution in [0.4, 0.5) is 0 Å². The zero-order valence-electron chi connectivity index (χ0n) is 8.44. The average Bonchev–Trinajstić information content (AvgIpc) is 2.07. The molecule has 1 aromatic carbocycles. The van der Waals surface area contributed by atoms with E-state index in [0.717, 1.165) is 11.1 Å². The molecule has 0 aliphatic heterocycles. The van der Waals surface area contributed by atoms with Crippen molar-refractivity contribution in [3.8, 4) is 5.75 Å². The largest absolute Gasteiger partial charge is 0.740 e. The summed E-state index contributed by atoms with van der Waals surface area (Å²) in [7, 11) is 0. The van der Waals surface area contributed by atoms with Gasteiger partial charge < -0.3 is 8.74 Å². The molecular weight excluding hydrogens is 200 g/mol. The minimum atomic E-state index is -2.49. The van der Waals surface area contributed by atoms with Crippen molar-refractivity contribution >= 4 is 11.4 Å². The lowest BCUT2D eigenvalue weighted by atomic mass is 9.98. The third-order valence-corrected chi connectivity index (χ3v) is 2.37. The van der Waals surface area contributed by atoms with Crippen LogP contribution in [0.5, 0.6) is 5.75 Å². The van der Waals surface area contributed by atoms with E-state index in [0.29, 0.717) is 11.7 Å². The van der Waals surface area contributed by atoms with Crippen molar-refractivity contribution in [2.75, 3.05) is 0 Å². The maximum atomic E-state index is 10.3. The fourth-order valence-corrected chi connectivity index (χ4v) is 1.63. The number of hydrogen-bond donors (Lipinski definition) is 0. The molecule has 0 saturated carbocycles. The van der Waals surface area contributed by atoms with E-state index in [1.165, 1.54) is 0 Å². The Hall–Kier alpha value is -0.870. The highest BCUT2D eigenvalue weighted by atomic mass is 32.2. The highest BCUT2D eigenvalue weighted by Gasteiger charge is 2.05. The van der Waals surface area contributed by atoms with Crippen LogP contribution in [0.25, 0.3) is 0 Å². The predicted molar refractivity (Wildman–Crippen MR) is 54.8 cm³/mol. The first-order valence-corrected chi connectivity index (χ1v) is 5.39. The normalized spacial score (nSPS) is 12.9. The molecule has 0 radical (unpaired) electrons. The first-order valence-electron chi connectivity index (χ1n) is 4.39. The molecule has 0 aromatic heterocycles. The lowest BCUT2D eigenvalue weighted by Crippen LogP contribution is -2.00. The fraction of sp³-hybridized carbons (Fsp3) is 0.400. The summed E-state index contributed by atoms with van der Waals surface area (Å²) >= 11 is -2.49.